The van der Waals surface area contributed by atoms with E-state index in [1.54, 1.807) is 0 Å². The molecule has 0 amide bonds. The topological polar surface area (TPSA) is 37.3 Å². The van der Waals surface area contributed by atoms with Gasteiger partial charge in [-0.1, -0.05) is 43.5 Å². The van der Waals surface area contributed by atoms with Crippen molar-refractivity contribution in [2.24, 2.45) is 5.41 Å². The Labute approximate surface area is 109 Å². The Morgan fingerprint density at radius 3 is 2.72 bits per heavy atom. The largest absolute Gasteiger partial charge is 0.481 e. The number of hydrogen-bond donors (Lipinski definition) is 1. The van der Waals surface area contributed by atoms with Gasteiger partial charge in [0.25, 0.3) is 0 Å². The highest BCUT2D eigenvalue weighted by Crippen LogP contribution is 2.62. The third-order valence-electron chi connectivity index (χ3n) is 4.28. The summed E-state index contributed by atoms with van der Waals surface area (Å²) in [6.07, 6.45) is 3.70. The van der Waals surface area contributed by atoms with Crippen LogP contribution in [0.1, 0.15) is 55.2 Å². The minimum atomic E-state index is -0.610. The molecule has 2 heteroatoms. The van der Waals surface area contributed by atoms with Crippen molar-refractivity contribution in [3.63, 3.8) is 0 Å². The second-order valence-corrected chi connectivity index (χ2v) is 5.68. The van der Waals surface area contributed by atoms with Crippen LogP contribution in [0, 0.1) is 19.3 Å². The van der Waals surface area contributed by atoms with Crippen molar-refractivity contribution in [2.45, 2.75) is 52.4 Å². The first-order chi connectivity index (χ1) is 8.51. The zero-order chi connectivity index (χ0) is 13.3. The van der Waals surface area contributed by atoms with E-state index < -0.39 is 11.4 Å². The maximum absolute atomic E-state index is 11.6. The summed E-state index contributed by atoms with van der Waals surface area (Å²) < 4.78 is 0. The first-order valence-corrected chi connectivity index (χ1v) is 6.82. The van der Waals surface area contributed by atoms with Crippen LogP contribution in [0.2, 0.25) is 0 Å². The molecule has 98 valence electrons. The molecule has 1 aliphatic rings. The summed E-state index contributed by atoms with van der Waals surface area (Å²) in [7, 11) is 0. The molecule has 0 heterocycles. The molecule has 0 radical (unpaired) electrons. The maximum atomic E-state index is 11.6. The van der Waals surface area contributed by atoms with Gasteiger partial charge in [0, 0.05) is 5.92 Å². The fourth-order valence-electron chi connectivity index (χ4n) is 3.04. The number of hydrogen-bond acceptors (Lipinski definition) is 1. The van der Waals surface area contributed by atoms with Crippen LogP contribution in [0.5, 0.6) is 0 Å². The van der Waals surface area contributed by atoms with Gasteiger partial charge in [-0.15, -0.1) is 0 Å². The summed E-state index contributed by atoms with van der Waals surface area (Å²) in [6.45, 7) is 6.28. The van der Waals surface area contributed by atoms with Crippen molar-refractivity contribution in [1.29, 1.82) is 0 Å². The Morgan fingerprint density at radius 1 is 1.44 bits per heavy atom. The van der Waals surface area contributed by atoms with Crippen molar-refractivity contribution >= 4 is 5.97 Å². The van der Waals surface area contributed by atoms with Crippen molar-refractivity contribution in [1.82, 2.24) is 0 Å². The quantitative estimate of drug-likeness (QED) is 0.851. The second-order valence-electron chi connectivity index (χ2n) is 5.68. The lowest BCUT2D eigenvalue weighted by Gasteiger charge is -2.13. The summed E-state index contributed by atoms with van der Waals surface area (Å²) in [4.78, 5) is 11.6. The van der Waals surface area contributed by atoms with Crippen LogP contribution in [0.4, 0.5) is 0 Å². The molecule has 0 aliphatic heterocycles. The SMILES string of the molecule is CCCCC1(C(=O)O)CC1c1ccc(C)cc1C. The van der Waals surface area contributed by atoms with Gasteiger partial charge in [0.2, 0.25) is 0 Å². The average Bonchev–Trinajstić information content (AvgIpc) is 3.02. The van der Waals surface area contributed by atoms with E-state index in [-0.39, 0.29) is 5.92 Å². The summed E-state index contributed by atoms with van der Waals surface area (Å²) in [5.74, 6) is -0.386. The summed E-state index contributed by atoms with van der Waals surface area (Å²) in [5.41, 5.74) is 3.24. The highest BCUT2D eigenvalue weighted by Gasteiger charge is 2.60. The third kappa shape index (κ3) is 2.16. The van der Waals surface area contributed by atoms with Gasteiger partial charge in [-0.25, -0.2) is 0 Å². The van der Waals surface area contributed by atoms with E-state index in [1.165, 1.54) is 16.7 Å². The van der Waals surface area contributed by atoms with E-state index >= 15 is 0 Å². The number of carboxylic acid groups (broad SMARTS) is 1. The highest BCUT2D eigenvalue weighted by molar-refractivity contribution is 5.80. The Morgan fingerprint density at radius 2 is 2.17 bits per heavy atom. The minimum absolute atomic E-state index is 0.224. The number of benzene rings is 1. The third-order valence-corrected chi connectivity index (χ3v) is 4.28. The average molecular weight is 246 g/mol. The molecule has 1 aliphatic carbocycles. The molecule has 1 N–H and O–H groups in total. The number of carbonyl (C=O) groups is 1. The molecule has 0 aromatic heterocycles. The van der Waals surface area contributed by atoms with Gasteiger partial charge in [0.05, 0.1) is 5.41 Å². The molecule has 0 saturated heterocycles. The van der Waals surface area contributed by atoms with Crippen molar-refractivity contribution in [3.05, 3.63) is 34.9 Å². The zero-order valence-electron chi connectivity index (χ0n) is 11.5. The molecule has 2 nitrogen and oxygen atoms in total. The number of aliphatic carboxylic acids is 1. The lowest BCUT2D eigenvalue weighted by Crippen LogP contribution is -2.17. The Hall–Kier alpha value is -1.31. The van der Waals surface area contributed by atoms with E-state index in [0.717, 1.165) is 25.7 Å². The predicted molar refractivity (Wildman–Crippen MR) is 72.9 cm³/mol. The van der Waals surface area contributed by atoms with Crippen LogP contribution < -0.4 is 0 Å². The lowest BCUT2D eigenvalue weighted by molar-refractivity contribution is -0.143. The van der Waals surface area contributed by atoms with Crippen LogP contribution in [-0.4, -0.2) is 11.1 Å². The fourth-order valence-corrected chi connectivity index (χ4v) is 3.04. The monoisotopic (exact) mass is 246 g/mol. The van der Waals surface area contributed by atoms with E-state index in [9.17, 15) is 9.90 Å². The van der Waals surface area contributed by atoms with Crippen LogP contribution >= 0.6 is 0 Å². The predicted octanol–water partition coefficient (Wildman–Crippen LogP) is 4.05. The van der Waals surface area contributed by atoms with Crippen molar-refractivity contribution in [2.75, 3.05) is 0 Å². The molecule has 18 heavy (non-hydrogen) atoms. The molecule has 1 fully saturated rings. The standard InChI is InChI=1S/C16H22O2/c1-4-5-8-16(15(17)18)10-14(16)13-7-6-11(2)9-12(13)3/h6-7,9,14H,4-5,8,10H2,1-3H3,(H,17,18). The van der Waals surface area contributed by atoms with Gasteiger partial charge in [-0.2, -0.15) is 0 Å². The Kier molecular flexibility index (Phi) is 3.47. The van der Waals surface area contributed by atoms with Gasteiger partial charge in [-0.3, -0.25) is 4.79 Å². The summed E-state index contributed by atoms with van der Waals surface area (Å²) in [5, 5.41) is 9.51. The molecule has 1 aromatic carbocycles. The molecular weight excluding hydrogens is 224 g/mol. The number of rotatable bonds is 5. The molecule has 1 saturated carbocycles. The van der Waals surface area contributed by atoms with E-state index in [0.29, 0.717) is 0 Å². The van der Waals surface area contributed by atoms with Crippen LogP contribution in [0.15, 0.2) is 18.2 Å². The van der Waals surface area contributed by atoms with Gasteiger partial charge >= 0.3 is 5.97 Å². The number of aryl methyl sites for hydroxylation is 2. The fraction of sp³-hybridized carbons (Fsp3) is 0.562. The molecule has 2 unspecified atom stereocenters. The Bertz CT molecular complexity index is 464. The maximum Gasteiger partial charge on any atom is 0.310 e. The Balaban J connectivity index is 2.23. The minimum Gasteiger partial charge on any atom is -0.481 e. The molecule has 1 aromatic rings. The van der Waals surface area contributed by atoms with E-state index in [1.807, 2.05) is 0 Å². The van der Waals surface area contributed by atoms with Crippen molar-refractivity contribution < 1.29 is 9.90 Å². The molecule has 0 bridgehead atoms. The number of carboxylic acids is 1. The van der Waals surface area contributed by atoms with Gasteiger partial charge in [0.15, 0.2) is 0 Å². The number of unbranched alkanes of at least 4 members (excludes halogenated alkanes) is 1. The van der Waals surface area contributed by atoms with Gasteiger partial charge in [-0.05, 0) is 37.8 Å². The van der Waals surface area contributed by atoms with Crippen LogP contribution in [0.3, 0.4) is 0 Å². The van der Waals surface area contributed by atoms with Gasteiger partial charge in [0.1, 0.15) is 0 Å². The molecular formula is C16H22O2. The second kappa shape index (κ2) is 4.75. The summed E-state index contributed by atoms with van der Waals surface area (Å²) >= 11 is 0. The normalized spacial score (nSPS) is 26.1. The molecule has 2 atom stereocenters. The smallest absolute Gasteiger partial charge is 0.310 e. The first-order valence-electron chi connectivity index (χ1n) is 6.82. The lowest BCUT2D eigenvalue weighted by atomic mass is 9.91. The first kappa shape index (κ1) is 13.1. The summed E-state index contributed by atoms with van der Waals surface area (Å²) in [6, 6.07) is 6.36. The van der Waals surface area contributed by atoms with Crippen molar-refractivity contribution in [3.8, 4) is 0 Å². The van der Waals surface area contributed by atoms with Gasteiger partial charge < -0.3 is 5.11 Å². The highest BCUT2D eigenvalue weighted by atomic mass is 16.4. The van der Waals surface area contributed by atoms with E-state index in [2.05, 4.69) is 39.0 Å². The van der Waals surface area contributed by atoms with Crippen LogP contribution in [0.25, 0.3) is 0 Å². The molecule has 0 spiro atoms. The zero-order valence-corrected chi connectivity index (χ0v) is 11.5. The van der Waals surface area contributed by atoms with Crippen LogP contribution in [-0.2, 0) is 4.79 Å². The molecule has 2 rings (SSSR count). The van der Waals surface area contributed by atoms with E-state index in [4.69, 9.17) is 0 Å².